The van der Waals surface area contributed by atoms with Crippen LogP contribution in [-0.4, -0.2) is 74.4 Å². The fraction of sp³-hybridized carbons (Fsp3) is 1.00. The predicted octanol–water partition coefficient (Wildman–Crippen LogP) is 0.867. The van der Waals surface area contributed by atoms with Crippen molar-refractivity contribution in [1.82, 2.24) is 15.1 Å². The molecule has 0 rings (SSSR count). The Labute approximate surface area is 113 Å². The number of hydrogen-bond donors (Lipinski definition) is 2. The Hall–Kier alpha value is -0.160. The normalized spacial score (nSPS) is 15.7. The van der Waals surface area contributed by atoms with Gasteiger partial charge in [0, 0.05) is 31.7 Å². The quantitative estimate of drug-likeness (QED) is 0.610. The van der Waals surface area contributed by atoms with Gasteiger partial charge in [0.25, 0.3) is 0 Å². The van der Waals surface area contributed by atoms with Crippen molar-refractivity contribution in [2.75, 3.05) is 53.9 Å². The lowest BCUT2D eigenvalue weighted by molar-refractivity contribution is 0.143. The lowest BCUT2D eigenvalue weighted by atomic mass is 9.99. The minimum absolute atomic E-state index is 0.159. The summed E-state index contributed by atoms with van der Waals surface area (Å²) in [4.78, 5) is 4.71. The summed E-state index contributed by atoms with van der Waals surface area (Å²) in [5.41, 5.74) is -0.159. The minimum Gasteiger partial charge on any atom is -0.394 e. The first kappa shape index (κ1) is 17.8. The van der Waals surface area contributed by atoms with Crippen LogP contribution in [0, 0.1) is 5.92 Å². The van der Waals surface area contributed by atoms with E-state index in [1.54, 1.807) is 0 Å². The Morgan fingerprint density at radius 1 is 1.17 bits per heavy atom. The first-order chi connectivity index (χ1) is 8.33. The van der Waals surface area contributed by atoms with Crippen LogP contribution in [0.15, 0.2) is 0 Å². The molecular formula is C14H33N3O. The molecule has 0 aromatic carbocycles. The number of rotatable bonds is 10. The summed E-state index contributed by atoms with van der Waals surface area (Å²) < 4.78 is 0. The van der Waals surface area contributed by atoms with Gasteiger partial charge >= 0.3 is 0 Å². The van der Waals surface area contributed by atoms with Crippen molar-refractivity contribution in [3.63, 3.8) is 0 Å². The van der Waals surface area contributed by atoms with Crippen LogP contribution < -0.4 is 5.32 Å². The third-order valence-corrected chi connectivity index (χ3v) is 3.42. The zero-order valence-corrected chi connectivity index (χ0v) is 13.2. The molecule has 0 aromatic heterocycles. The highest BCUT2D eigenvalue weighted by Crippen LogP contribution is 2.10. The van der Waals surface area contributed by atoms with Crippen LogP contribution in [0.1, 0.15) is 27.2 Å². The molecule has 110 valence electrons. The molecule has 0 amide bonds. The average molecular weight is 259 g/mol. The highest BCUT2D eigenvalue weighted by Gasteiger charge is 2.21. The summed E-state index contributed by atoms with van der Waals surface area (Å²) in [5, 5.41) is 12.6. The first-order valence-electron chi connectivity index (χ1n) is 7.00. The van der Waals surface area contributed by atoms with E-state index in [9.17, 15) is 5.11 Å². The predicted molar refractivity (Wildman–Crippen MR) is 79.0 cm³/mol. The fourth-order valence-electron chi connectivity index (χ4n) is 1.84. The van der Waals surface area contributed by atoms with Gasteiger partial charge in [-0.2, -0.15) is 0 Å². The summed E-state index contributed by atoms with van der Waals surface area (Å²) in [6, 6.07) is 0. The van der Waals surface area contributed by atoms with E-state index >= 15 is 0 Å². The molecule has 0 saturated carbocycles. The second-order valence-electron chi connectivity index (χ2n) is 6.22. The largest absolute Gasteiger partial charge is 0.394 e. The van der Waals surface area contributed by atoms with Gasteiger partial charge in [-0.05, 0) is 40.4 Å². The van der Waals surface area contributed by atoms with Crippen LogP contribution in [0.2, 0.25) is 0 Å². The molecule has 0 spiro atoms. The molecule has 0 fully saturated rings. The van der Waals surface area contributed by atoms with Crippen LogP contribution in [0.3, 0.4) is 0 Å². The van der Waals surface area contributed by atoms with Gasteiger partial charge in [-0.15, -0.1) is 0 Å². The van der Waals surface area contributed by atoms with E-state index in [2.05, 4.69) is 50.0 Å². The monoisotopic (exact) mass is 259 g/mol. The van der Waals surface area contributed by atoms with Gasteiger partial charge in [0.15, 0.2) is 0 Å². The summed E-state index contributed by atoms with van der Waals surface area (Å²) in [6.07, 6.45) is 0.972. The smallest absolute Gasteiger partial charge is 0.0610 e. The van der Waals surface area contributed by atoms with Crippen molar-refractivity contribution >= 4 is 0 Å². The maximum absolute atomic E-state index is 9.41. The molecule has 4 nitrogen and oxygen atoms in total. The van der Waals surface area contributed by atoms with Crippen LogP contribution in [-0.2, 0) is 0 Å². The van der Waals surface area contributed by atoms with Gasteiger partial charge in [0.2, 0.25) is 0 Å². The molecule has 4 heteroatoms. The molecule has 0 aromatic rings. The SMILES string of the molecule is CNC(C)(CO)CCN(CCN(C)C)CC(C)C. The second-order valence-corrected chi connectivity index (χ2v) is 6.22. The number of aliphatic hydroxyl groups is 1. The zero-order valence-electron chi connectivity index (χ0n) is 13.2. The molecule has 0 radical (unpaired) electrons. The zero-order chi connectivity index (χ0) is 14.2. The molecule has 0 saturated heterocycles. The summed E-state index contributed by atoms with van der Waals surface area (Å²) >= 11 is 0. The van der Waals surface area contributed by atoms with Crippen LogP contribution in [0.4, 0.5) is 0 Å². The van der Waals surface area contributed by atoms with E-state index in [0.29, 0.717) is 5.92 Å². The minimum atomic E-state index is -0.159. The Bertz CT molecular complexity index is 203. The molecule has 0 aliphatic heterocycles. The van der Waals surface area contributed by atoms with E-state index in [1.807, 2.05) is 7.05 Å². The van der Waals surface area contributed by atoms with Crippen molar-refractivity contribution < 1.29 is 5.11 Å². The third kappa shape index (κ3) is 8.03. The molecule has 1 unspecified atom stereocenters. The van der Waals surface area contributed by atoms with Crippen molar-refractivity contribution in [2.24, 2.45) is 5.92 Å². The third-order valence-electron chi connectivity index (χ3n) is 3.42. The Kier molecular flexibility index (Phi) is 8.78. The molecule has 0 heterocycles. The van der Waals surface area contributed by atoms with Crippen LogP contribution in [0.25, 0.3) is 0 Å². The van der Waals surface area contributed by atoms with Gasteiger partial charge in [-0.25, -0.2) is 0 Å². The molecule has 18 heavy (non-hydrogen) atoms. The van der Waals surface area contributed by atoms with E-state index in [4.69, 9.17) is 0 Å². The second kappa shape index (κ2) is 8.86. The Balaban J connectivity index is 4.22. The number of nitrogens with one attached hydrogen (secondary N) is 1. The number of likely N-dealkylation sites (N-methyl/N-ethyl adjacent to an activating group) is 2. The van der Waals surface area contributed by atoms with E-state index in [1.165, 1.54) is 0 Å². The molecule has 0 bridgehead atoms. The van der Waals surface area contributed by atoms with Crippen LogP contribution in [0.5, 0.6) is 0 Å². The first-order valence-corrected chi connectivity index (χ1v) is 7.00. The topological polar surface area (TPSA) is 38.7 Å². The number of hydrogen-bond acceptors (Lipinski definition) is 4. The van der Waals surface area contributed by atoms with Crippen molar-refractivity contribution in [1.29, 1.82) is 0 Å². The van der Waals surface area contributed by atoms with Crippen molar-refractivity contribution in [3.8, 4) is 0 Å². The number of aliphatic hydroxyl groups excluding tert-OH is 1. The van der Waals surface area contributed by atoms with Gasteiger partial charge < -0.3 is 20.2 Å². The van der Waals surface area contributed by atoms with E-state index in [-0.39, 0.29) is 12.1 Å². The van der Waals surface area contributed by atoms with Gasteiger partial charge in [0.1, 0.15) is 0 Å². The fourth-order valence-corrected chi connectivity index (χ4v) is 1.84. The molecule has 1 atom stereocenters. The highest BCUT2D eigenvalue weighted by molar-refractivity contribution is 4.82. The van der Waals surface area contributed by atoms with E-state index < -0.39 is 0 Å². The van der Waals surface area contributed by atoms with Crippen molar-refractivity contribution in [2.45, 2.75) is 32.7 Å². The lowest BCUT2D eigenvalue weighted by Gasteiger charge is -2.32. The van der Waals surface area contributed by atoms with Gasteiger partial charge in [-0.3, -0.25) is 0 Å². The molecule has 0 aliphatic carbocycles. The van der Waals surface area contributed by atoms with Crippen LogP contribution >= 0.6 is 0 Å². The van der Waals surface area contributed by atoms with Gasteiger partial charge in [-0.1, -0.05) is 13.8 Å². The average Bonchev–Trinajstić information content (AvgIpc) is 2.31. The molecule has 0 aliphatic rings. The van der Waals surface area contributed by atoms with Crippen molar-refractivity contribution in [3.05, 3.63) is 0 Å². The highest BCUT2D eigenvalue weighted by atomic mass is 16.3. The number of nitrogens with zero attached hydrogens (tertiary/aromatic N) is 2. The summed E-state index contributed by atoms with van der Waals surface area (Å²) in [7, 11) is 6.14. The summed E-state index contributed by atoms with van der Waals surface area (Å²) in [5.74, 6) is 0.683. The maximum atomic E-state index is 9.41. The Morgan fingerprint density at radius 2 is 1.78 bits per heavy atom. The Morgan fingerprint density at radius 3 is 2.17 bits per heavy atom. The van der Waals surface area contributed by atoms with Gasteiger partial charge in [0.05, 0.1) is 6.61 Å². The summed E-state index contributed by atoms with van der Waals surface area (Å²) in [6.45, 7) is 11.1. The maximum Gasteiger partial charge on any atom is 0.0610 e. The van der Waals surface area contributed by atoms with E-state index in [0.717, 1.165) is 32.6 Å². The lowest BCUT2D eigenvalue weighted by Crippen LogP contribution is -2.47. The molecular weight excluding hydrogens is 226 g/mol. The molecule has 2 N–H and O–H groups in total. The standard InChI is InChI=1S/C14H33N3O/c1-13(2)11-17(10-9-16(5)6)8-7-14(3,12-18)15-4/h13,15,18H,7-12H2,1-6H3.